The summed E-state index contributed by atoms with van der Waals surface area (Å²) >= 11 is 0. The first-order valence-electron chi connectivity index (χ1n) is 6.46. The molecule has 6 nitrogen and oxygen atoms in total. The number of carbonyl (C=O) groups excluding carboxylic acids is 2. The molecule has 104 valence electrons. The number of rotatable bonds is 5. The van der Waals surface area contributed by atoms with Gasteiger partial charge in [-0.15, -0.1) is 0 Å². The molecule has 0 aromatic carbocycles. The molecule has 18 heavy (non-hydrogen) atoms. The first-order valence-corrected chi connectivity index (χ1v) is 6.46. The molecule has 0 saturated carbocycles. The molecule has 0 aliphatic carbocycles. The van der Waals surface area contributed by atoms with Gasteiger partial charge >= 0.3 is 0 Å². The Hall–Kier alpha value is -1.14. The van der Waals surface area contributed by atoms with E-state index in [0.29, 0.717) is 39.3 Å². The predicted octanol–water partition coefficient (Wildman–Crippen LogP) is -0.567. The van der Waals surface area contributed by atoms with Crippen LogP contribution in [0.2, 0.25) is 0 Å². The molecule has 0 aromatic heterocycles. The smallest absolute Gasteiger partial charge is 0.224 e. The van der Waals surface area contributed by atoms with Crippen LogP contribution < -0.4 is 5.73 Å². The zero-order valence-electron chi connectivity index (χ0n) is 11.1. The van der Waals surface area contributed by atoms with Gasteiger partial charge in [0.15, 0.2) is 0 Å². The molecular weight excluding hydrogens is 234 g/mol. The van der Waals surface area contributed by atoms with E-state index in [-0.39, 0.29) is 11.8 Å². The highest BCUT2D eigenvalue weighted by Gasteiger charge is 2.19. The third-order valence-electron chi connectivity index (χ3n) is 3.02. The normalized spacial score (nSPS) is 16.6. The number of nitrogens with two attached hydrogens (primary N) is 1. The van der Waals surface area contributed by atoms with E-state index in [4.69, 9.17) is 10.5 Å². The van der Waals surface area contributed by atoms with Crippen molar-refractivity contribution >= 4 is 11.8 Å². The Balaban J connectivity index is 2.29. The summed E-state index contributed by atoms with van der Waals surface area (Å²) in [7, 11) is 0. The van der Waals surface area contributed by atoms with Crippen LogP contribution in [0.3, 0.4) is 0 Å². The second-order valence-electron chi connectivity index (χ2n) is 4.39. The van der Waals surface area contributed by atoms with E-state index in [0.717, 1.165) is 19.5 Å². The van der Waals surface area contributed by atoms with Crippen molar-refractivity contribution in [1.29, 1.82) is 0 Å². The SMILES string of the molecule is CC(=O)N1CCCN(C(=O)CCOCCN)CC1. The molecule has 2 amide bonds. The van der Waals surface area contributed by atoms with Crippen molar-refractivity contribution in [3.63, 3.8) is 0 Å². The standard InChI is InChI=1S/C12H23N3O3/c1-11(16)14-5-2-6-15(8-7-14)12(17)3-9-18-10-4-13/h2-10,13H2,1H3. The molecule has 1 saturated heterocycles. The Morgan fingerprint density at radius 1 is 1.11 bits per heavy atom. The lowest BCUT2D eigenvalue weighted by Gasteiger charge is -2.21. The zero-order valence-corrected chi connectivity index (χ0v) is 11.1. The third kappa shape index (κ3) is 5.01. The van der Waals surface area contributed by atoms with E-state index in [2.05, 4.69) is 0 Å². The fraction of sp³-hybridized carbons (Fsp3) is 0.833. The van der Waals surface area contributed by atoms with Crippen LogP contribution in [-0.2, 0) is 14.3 Å². The molecule has 0 aromatic rings. The van der Waals surface area contributed by atoms with Gasteiger partial charge in [-0.3, -0.25) is 9.59 Å². The van der Waals surface area contributed by atoms with Crippen molar-refractivity contribution in [2.24, 2.45) is 5.73 Å². The lowest BCUT2D eigenvalue weighted by Crippen LogP contribution is -2.36. The largest absolute Gasteiger partial charge is 0.380 e. The average Bonchev–Trinajstić information content (AvgIpc) is 2.60. The minimum absolute atomic E-state index is 0.0792. The van der Waals surface area contributed by atoms with Crippen LogP contribution in [0.25, 0.3) is 0 Å². The van der Waals surface area contributed by atoms with E-state index in [9.17, 15) is 9.59 Å². The maximum Gasteiger partial charge on any atom is 0.224 e. The van der Waals surface area contributed by atoms with Gasteiger partial charge in [-0.2, -0.15) is 0 Å². The Bertz CT molecular complexity index is 284. The number of ether oxygens (including phenoxy) is 1. The molecule has 1 aliphatic rings. The fourth-order valence-corrected chi connectivity index (χ4v) is 1.98. The van der Waals surface area contributed by atoms with Gasteiger partial charge in [0.2, 0.25) is 11.8 Å². The molecule has 0 unspecified atom stereocenters. The van der Waals surface area contributed by atoms with Crippen LogP contribution in [0.15, 0.2) is 0 Å². The van der Waals surface area contributed by atoms with Crippen molar-refractivity contribution in [1.82, 2.24) is 9.80 Å². The Labute approximate surface area is 108 Å². The molecule has 1 fully saturated rings. The summed E-state index contributed by atoms with van der Waals surface area (Å²) in [6.07, 6.45) is 1.23. The molecule has 1 heterocycles. The lowest BCUT2D eigenvalue weighted by atomic mass is 10.3. The van der Waals surface area contributed by atoms with Crippen molar-refractivity contribution < 1.29 is 14.3 Å². The second-order valence-corrected chi connectivity index (χ2v) is 4.39. The van der Waals surface area contributed by atoms with Crippen LogP contribution >= 0.6 is 0 Å². The summed E-state index contributed by atoms with van der Waals surface area (Å²) in [6, 6.07) is 0. The van der Waals surface area contributed by atoms with E-state index >= 15 is 0 Å². The van der Waals surface area contributed by atoms with Crippen LogP contribution in [0, 0.1) is 0 Å². The molecule has 0 atom stereocenters. The van der Waals surface area contributed by atoms with Crippen molar-refractivity contribution in [3.05, 3.63) is 0 Å². The van der Waals surface area contributed by atoms with E-state index in [1.807, 2.05) is 4.90 Å². The minimum Gasteiger partial charge on any atom is -0.380 e. The van der Waals surface area contributed by atoms with Gasteiger partial charge in [0.25, 0.3) is 0 Å². The first-order chi connectivity index (χ1) is 8.65. The molecular formula is C12H23N3O3. The minimum atomic E-state index is 0.0792. The van der Waals surface area contributed by atoms with Crippen molar-refractivity contribution in [2.45, 2.75) is 19.8 Å². The maximum atomic E-state index is 11.9. The van der Waals surface area contributed by atoms with E-state index in [1.54, 1.807) is 11.8 Å². The summed E-state index contributed by atoms with van der Waals surface area (Å²) in [6.45, 7) is 5.67. The number of amides is 2. The van der Waals surface area contributed by atoms with Gasteiger partial charge in [-0.05, 0) is 6.42 Å². The Morgan fingerprint density at radius 2 is 1.78 bits per heavy atom. The highest BCUT2D eigenvalue weighted by atomic mass is 16.5. The van der Waals surface area contributed by atoms with Crippen LogP contribution in [0.4, 0.5) is 0 Å². The lowest BCUT2D eigenvalue weighted by molar-refractivity contribution is -0.133. The summed E-state index contributed by atoms with van der Waals surface area (Å²) < 4.78 is 5.20. The number of nitrogens with zero attached hydrogens (tertiary/aromatic N) is 2. The molecule has 0 radical (unpaired) electrons. The van der Waals surface area contributed by atoms with Crippen molar-refractivity contribution in [2.75, 3.05) is 45.9 Å². The predicted molar refractivity (Wildman–Crippen MR) is 67.9 cm³/mol. The van der Waals surface area contributed by atoms with Gasteiger partial charge in [-0.1, -0.05) is 0 Å². The van der Waals surface area contributed by atoms with Gasteiger partial charge in [0, 0.05) is 39.6 Å². The zero-order chi connectivity index (χ0) is 13.4. The van der Waals surface area contributed by atoms with Gasteiger partial charge in [0.1, 0.15) is 0 Å². The topological polar surface area (TPSA) is 75.9 Å². The van der Waals surface area contributed by atoms with Crippen LogP contribution in [0.5, 0.6) is 0 Å². The second kappa shape index (κ2) is 8.05. The van der Waals surface area contributed by atoms with Gasteiger partial charge in [-0.25, -0.2) is 0 Å². The monoisotopic (exact) mass is 257 g/mol. The van der Waals surface area contributed by atoms with E-state index < -0.39 is 0 Å². The van der Waals surface area contributed by atoms with Gasteiger partial charge in [0.05, 0.1) is 19.6 Å². The molecule has 0 bridgehead atoms. The first kappa shape index (κ1) is 14.9. The number of carbonyl (C=O) groups is 2. The fourth-order valence-electron chi connectivity index (χ4n) is 1.98. The highest BCUT2D eigenvalue weighted by molar-refractivity contribution is 5.77. The summed E-state index contributed by atoms with van der Waals surface area (Å²) in [4.78, 5) is 26.8. The molecule has 1 rings (SSSR count). The summed E-state index contributed by atoms with van der Waals surface area (Å²) in [5, 5.41) is 0. The molecule has 6 heteroatoms. The number of hydrogen-bond donors (Lipinski definition) is 1. The Kier molecular flexibility index (Phi) is 6.67. The quantitative estimate of drug-likeness (QED) is 0.669. The Morgan fingerprint density at radius 3 is 2.44 bits per heavy atom. The molecule has 2 N–H and O–H groups in total. The molecule has 0 spiro atoms. The average molecular weight is 257 g/mol. The maximum absolute atomic E-state index is 11.9. The van der Waals surface area contributed by atoms with Crippen LogP contribution in [-0.4, -0.2) is 67.6 Å². The summed E-state index contributed by atoms with van der Waals surface area (Å²) in [5.41, 5.74) is 5.29. The summed E-state index contributed by atoms with van der Waals surface area (Å²) in [5.74, 6) is 0.174. The van der Waals surface area contributed by atoms with E-state index in [1.165, 1.54) is 0 Å². The third-order valence-corrected chi connectivity index (χ3v) is 3.02. The van der Waals surface area contributed by atoms with Gasteiger partial charge < -0.3 is 20.3 Å². The van der Waals surface area contributed by atoms with Crippen molar-refractivity contribution in [3.8, 4) is 0 Å². The highest BCUT2D eigenvalue weighted by Crippen LogP contribution is 2.05. The van der Waals surface area contributed by atoms with Crippen LogP contribution in [0.1, 0.15) is 19.8 Å². The molecule has 1 aliphatic heterocycles. The number of hydrogen-bond acceptors (Lipinski definition) is 4.